The Morgan fingerprint density at radius 3 is 1.69 bits per heavy atom. The number of aromatic hydroxyl groups is 1. The van der Waals surface area contributed by atoms with Gasteiger partial charge >= 0.3 is 11.9 Å². The number of nitrogens with two attached hydrogens (primary N) is 2. The van der Waals surface area contributed by atoms with Gasteiger partial charge in [0.05, 0.1) is 31.9 Å². The van der Waals surface area contributed by atoms with Gasteiger partial charge in [0.1, 0.15) is 84.3 Å². The second-order valence-electron chi connectivity index (χ2n) is 33.3. The fourth-order valence-corrected chi connectivity index (χ4v) is 16.6. The Hall–Kier alpha value is -13.5. The molecule has 3 fully saturated rings. The lowest BCUT2D eigenvalue weighted by molar-refractivity contribution is -0.157. The maximum atomic E-state index is 15.6. The van der Waals surface area contributed by atoms with Crippen LogP contribution in [0.15, 0.2) is 128 Å². The number of carboxylic acids is 2. The minimum absolute atomic E-state index is 0.00838. The smallest absolute Gasteiger partial charge is 0.305 e. The lowest BCUT2D eigenvalue weighted by Crippen LogP contribution is -2.65. The Labute approximate surface area is 768 Å². The summed E-state index contributed by atoms with van der Waals surface area (Å²) >= 11 is 0.644. The lowest BCUT2D eigenvalue weighted by atomic mass is 9.96. The third-order valence-electron chi connectivity index (χ3n) is 23.3. The second kappa shape index (κ2) is 49.1. The molecule has 3 aliphatic heterocycles. The van der Waals surface area contributed by atoms with Gasteiger partial charge in [0.25, 0.3) is 0 Å². The van der Waals surface area contributed by atoms with E-state index in [9.17, 15) is 58.1 Å². The number of H-pyrrole nitrogens is 1. The number of carbonyl (C=O) groups excluding carboxylic acids is 15. The van der Waals surface area contributed by atoms with Gasteiger partial charge in [0.2, 0.25) is 88.6 Å². The Morgan fingerprint density at radius 2 is 1.08 bits per heavy atom. The first kappa shape index (κ1) is 103. The van der Waals surface area contributed by atoms with Crippen molar-refractivity contribution in [1.29, 1.82) is 0 Å². The molecule has 133 heavy (non-hydrogen) atoms. The average Bonchev–Trinajstić information content (AvgIpc) is 1.55. The van der Waals surface area contributed by atoms with E-state index in [-0.39, 0.29) is 88.9 Å². The number of phenolic OH excluding ortho intramolecular Hbond substituents is 1. The zero-order valence-electron chi connectivity index (χ0n) is 74.4. The normalized spacial score (nSPS) is 23.5. The molecule has 0 bridgehead atoms. The Kier molecular flexibility index (Phi) is 38.1. The van der Waals surface area contributed by atoms with Crippen LogP contribution in [0.3, 0.4) is 0 Å². The SMILES string of the molecule is CCCC[C@H]1C(=O)N2CC[C@@H]2C(=O)N[C@@H](CC(=O)O)C(=O)N[C@@H](C(C)C)C(=O)N(C)[C@@H](Cc2ccccc2)C(=O)N[C@@H](CCC(=O)O)C(=O)N2CCOC[C@@H]2C(=O)N[C@@H](Cc2c[nH]c3ccccc23)C(=O)N[C@@H](Cc2ccc(O)cc2)C(=O)N[C@@H](CCCN)C(=O)N[C@H](C(=O)NCC(N)=O)CSCC(=O)N[C@@H](Cc2cc(F)c(F)c(F)c2)C(=O)N(C)[C@@H](Cc2ccccc2)C(=O)N1C. The molecule has 38 nitrogen and oxygen atoms in total. The summed E-state index contributed by atoms with van der Waals surface area (Å²) < 4.78 is 50.8. The lowest BCUT2D eigenvalue weighted by Gasteiger charge is -2.44. The second-order valence-corrected chi connectivity index (χ2v) is 34.3. The molecule has 13 atom stereocenters. The fourth-order valence-electron chi connectivity index (χ4n) is 15.8. The first-order valence-corrected chi connectivity index (χ1v) is 44.7. The monoisotopic (exact) mass is 1870 g/mol. The summed E-state index contributed by atoms with van der Waals surface area (Å²) in [6.07, 6.45) is -2.73. The number of ether oxygens (including phenoxy) is 1. The van der Waals surface area contributed by atoms with E-state index >= 15 is 51.9 Å². The number of nitrogens with zero attached hydrogens (tertiary/aromatic N) is 5. The van der Waals surface area contributed by atoms with Crippen molar-refractivity contribution >= 4 is 123 Å². The van der Waals surface area contributed by atoms with Crippen LogP contribution in [0, 0.1) is 23.4 Å². The van der Waals surface area contributed by atoms with Crippen molar-refractivity contribution in [2.45, 2.75) is 189 Å². The van der Waals surface area contributed by atoms with Gasteiger partial charge in [0.15, 0.2) is 17.5 Å². The van der Waals surface area contributed by atoms with Crippen molar-refractivity contribution in [3.05, 3.63) is 173 Å². The average molecular weight is 1870 g/mol. The number of carboxylic acid groups (broad SMARTS) is 2. The van der Waals surface area contributed by atoms with Crippen LogP contribution >= 0.6 is 11.8 Å². The number of aromatic amines is 1. The summed E-state index contributed by atoms with van der Waals surface area (Å²) in [5.41, 5.74) is 13.3. The fraction of sp³-hybridized carbons (Fsp3) is 0.462. The minimum atomic E-state index is -1.97. The molecule has 3 aliphatic rings. The highest BCUT2D eigenvalue weighted by molar-refractivity contribution is 8.00. The molecular formula is C91H114F3N17O21S. The molecule has 0 radical (unpaired) electrons. The van der Waals surface area contributed by atoms with E-state index in [1.54, 1.807) is 98.0 Å². The molecule has 15 amide bonds. The zero-order chi connectivity index (χ0) is 97.0. The number of unbranched alkanes of at least 4 members (excludes halogenated alkanes) is 1. The van der Waals surface area contributed by atoms with Gasteiger partial charge in [-0.1, -0.05) is 125 Å². The van der Waals surface area contributed by atoms with E-state index < -0.39 is 259 Å². The Balaban J connectivity index is 1.13. The van der Waals surface area contributed by atoms with E-state index in [0.717, 1.165) is 24.5 Å². The highest BCUT2D eigenvalue weighted by atomic mass is 32.2. The first-order valence-electron chi connectivity index (χ1n) is 43.6. The molecule has 0 saturated carbocycles. The predicted octanol–water partition coefficient (Wildman–Crippen LogP) is 0.265. The maximum Gasteiger partial charge on any atom is 0.305 e. The van der Waals surface area contributed by atoms with Crippen LogP contribution in [0.1, 0.15) is 106 Å². The number of nitrogens with one attached hydrogen (secondary N) is 10. The van der Waals surface area contributed by atoms with Gasteiger partial charge in [-0.3, -0.25) is 81.5 Å². The summed E-state index contributed by atoms with van der Waals surface area (Å²) in [4.78, 5) is 257. The number of amides is 15. The molecule has 3 saturated heterocycles. The summed E-state index contributed by atoms with van der Waals surface area (Å²) in [5, 5.41) is 54.5. The number of hydrogen-bond donors (Lipinski definition) is 15. The minimum Gasteiger partial charge on any atom is -0.508 e. The number of phenols is 1. The third-order valence-corrected chi connectivity index (χ3v) is 24.3. The van der Waals surface area contributed by atoms with Crippen LogP contribution in [-0.4, -0.2) is 296 Å². The van der Waals surface area contributed by atoms with Crippen LogP contribution in [0.2, 0.25) is 0 Å². The van der Waals surface area contributed by atoms with Crippen molar-refractivity contribution in [1.82, 2.24) is 77.3 Å². The van der Waals surface area contributed by atoms with Crippen LogP contribution in [-0.2, 0) is 118 Å². The van der Waals surface area contributed by atoms with Crippen molar-refractivity contribution in [3.8, 4) is 5.75 Å². The van der Waals surface area contributed by atoms with Crippen LogP contribution in [0.4, 0.5) is 13.2 Å². The number of likely N-dealkylation sites (N-methyl/N-ethyl adjacent to an activating group) is 3. The predicted molar refractivity (Wildman–Crippen MR) is 477 cm³/mol. The van der Waals surface area contributed by atoms with Gasteiger partial charge in [-0.05, 0) is 103 Å². The van der Waals surface area contributed by atoms with Crippen LogP contribution < -0.4 is 59.3 Å². The molecule has 0 spiro atoms. The number of rotatable bonds is 25. The van der Waals surface area contributed by atoms with Crippen molar-refractivity contribution in [2.75, 3.05) is 72.0 Å². The van der Waals surface area contributed by atoms with Gasteiger partial charge in [-0.15, -0.1) is 11.8 Å². The Bertz CT molecular complexity index is 5170. The van der Waals surface area contributed by atoms with Crippen molar-refractivity contribution in [2.24, 2.45) is 17.4 Å². The number of halogens is 3. The number of carbonyl (C=O) groups is 17. The molecule has 9 rings (SSSR count). The summed E-state index contributed by atoms with van der Waals surface area (Å²) in [7, 11) is 3.65. The summed E-state index contributed by atoms with van der Waals surface area (Å²) in [5.74, 6) is -26.1. The van der Waals surface area contributed by atoms with E-state index in [1.807, 2.05) is 0 Å². The Morgan fingerprint density at radius 1 is 0.534 bits per heavy atom. The number of morpholine rings is 1. The molecule has 0 unspecified atom stereocenters. The molecule has 0 aliphatic carbocycles. The van der Waals surface area contributed by atoms with E-state index in [0.29, 0.717) is 63.5 Å². The molecule has 1 aromatic heterocycles. The van der Waals surface area contributed by atoms with E-state index in [4.69, 9.17) is 16.2 Å². The summed E-state index contributed by atoms with van der Waals surface area (Å²) in [6.45, 7) is 2.65. The molecule has 716 valence electrons. The highest BCUT2D eigenvalue weighted by Crippen LogP contribution is 2.28. The summed E-state index contributed by atoms with van der Waals surface area (Å²) in [6, 6.07) is 7.91. The molecule has 5 aromatic carbocycles. The maximum absolute atomic E-state index is 15.6. The molecule has 4 heterocycles. The molecule has 42 heteroatoms. The van der Waals surface area contributed by atoms with Crippen LogP contribution in [0.25, 0.3) is 10.9 Å². The van der Waals surface area contributed by atoms with Crippen molar-refractivity contribution in [3.63, 3.8) is 0 Å². The van der Waals surface area contributed by atoms with Crippen LogP contribution in [0.5, 0.6) is 5.75 Å². The third kappa shape index (κ3) is 28.7. The number of benzene rings is 5. The largest absolute Gasteiger partial charge is 0.508 e. The number of primary amides is 1. The molecule has 6 aromatic rings. The number of para-hydroxylation sites is 1. The van der Waals surface area contributed by atoms with Crippen molar-refractivity contribution < 1.29 is 115 Å². The number of hydrogen-bond acceptors (Lipinski definition) is 21. The first-order chi connectivity index (χ1) is 63.4. The molecule has 17 N–H and O–H groups in total. The highest BCUT2D eigenvalue weighted by Gasteiger charge is 2.47. The van der Waals surface area contributed by atoms with Gasteiger partial charge in [0, 0.05) is 95.6 Å². The molecular weight excluding hydrogens is 1760 g/mol. The van der Waals surface area contributed by atoms with E-state index in [1.165, 1.54) is 59.3 Å². The number of aliphatic carboxylic acids is 2. The zero-order valence-corrected chi connectivity index (χ0v) is 75.2. The van der Waals surface area contributed by atoms with Gasteiger partial charge < -0.3 is 109 Å². The van der Waals surface area contributed by atoms with Gasteiger partial charge in [-0.2, -0.15) is 0 Å². The topological polar surface area (TPSA) is 552 Å². The standard InChI is InChI=1S/C91H114F3N17O21S/c1-7-8-25-69-90(130)110-34-32-68(110)84(124)104-65(44-76(117)118)83(123)106-78(50(2)3)91(131)108(5)70(41-51-18-11-9-12-19-51)85(125)101-62(30-31-75(115)116)88(128)111-35-36-132-47-72(111)86(126)103-64(43-55-45-97-60-23-16-15-22-57(55)60)82(122)102-63(39-53-26-28-56(112)29-27-53)81(121)100-61(24-17-33-95)80(120)105-67(79(119)98-46-73(96)113)48-133-49-74(114)99-66(40-54-37-58(92)77(94)59(93)38-54)87(127)109(6)71(89(129)107(69)4)42-52-20-13-10-14-21-52/h9-16,18-23,26-29,37-38,45,50,61-72,78,97,112H,7-8,17,24-25,30-36,39-44,46-49,95H2,1-6H3,(H2,96,113)(H,98,119)(H,99,114)(H,100,121)(H,101,125)(H,102,122)(H,103,126)(H,104,124)(H,105,120)(H,106,123)(H,115,116)(H,117,118)/t61-,62-,63-,64-,65-,66-,67-,68+,69-,70-,71-,72+,78-/m0/s1. The number of thioether (sulfide) groups is 1. The number of fused-ring (bicyclic) bond motifs is 3. The number of aromatic nitrogens is 1. The van der Waals surface area contributed by atoms with Gasteiger partial charge in [-0.25, -0.2) is 13.2 Å². The van der Waals surface area contributed by atoms with E-state index in [2.05, 4.69) is 52.8 Å². The quantitative estimate of drug-likeness (QED) is 0.0342.